The molecule has 7 heteroatoms. The molecule has 1 saturated heterocycles. The van der Waals surface area contributed by atoms with Crippen LogP contribution in [0.2, 0.25) is 0 Å². The minimum Gasteiger partial charge on any atom is -0.494 e. The first-order valence-corrected chi connectivity index (χ1v) is 7.93. The molecular formula is C16H21N5O2. The molecule has 2 N–H and O–H groups in total. The molecule has 0 atom stereocenters. The van der Waals surface area contributed by atoms with Crippen molar-refractivity contribution in [2.75, 3.05) is 25.0 Å². The molecule has 1 aromatic carbocycles. The Bertz CT molecular complexity index is 647. The third-order valence-electron chi connectivity index (χ3n) is 3.85. The fraction of sp³-hybridized carbons (Fsp3) is 0.438. The molecule has 0 spiro atoms. The van der Waals surface area contributed by atoms with Crippen molar-refractivity contribution in [3.05, 3.63) is 36.2 Å². The fourth-order valence-electron chi connectivity index (χ4n) is 2.63. The van der Waals surface area contributed by atoms with E-state index in [1.165, 1.54) is 0 Å². The molecule has 3 rings (SSSR count). The second kappa shape index (κ2) is 7.23. The van der Waals surface area contributed by atoms with Crippen LogP contribution >= 0.6 is 0 Å². The van der Waals surface area contributed by atoms with Crippen LogP contribution in [0, 0.1) is 0 Å². The van der Waals surface area contributed by atoms with Crippen molar-refractivity contribution in [1.82, 2.24) is 20.3 Å². The molecule has 2 aromatic rings. The molecule has 0 saturated carbocycles. The van der Waals surface area contributed by atoms with Crippen LogP contribution in [0.25, 0.3) is 0 Å². The maximum Gasteiger partial charge on any atom is 0.277 e. The number of nitrogens with one attached hydrogen (secondary N) is 2. The highest BCUT2D eigenvalue weighted by Gasteiger charge is 2.18. The van der Waals surface area contributed by atoms with E-state index in [-0.39, 0.29) is 5.91 Å². The zero-order valence-electron chi connectivity index (χ0n) is 13.2. The van der Waals surface area contributed by atoms with Gasteiger partial charge in [-0.25, -0.2) is 4.68 Å². The summed E-state index contributed by atoms with van der Waals surface area (Å²) in [6.45, 7) is 4.49. The van der Waals surface area contributed by atoms with E-state index < -0.39 is 0 Å². The number of benzene rings is 1. The molecule has 1 aromatic heterocycles. The highest BCUT2D eigenvalue weighted by molar-refractivity contribution is 6.02. The van der Waals surface area contributed by atoms with Crippen molar-refractivity contribution in [2.45, 2.75) is 25.8 Å². The molecule has 0 radical (unpaired) electrons. The monoisotopic (exact) mass is 315 g/mol. The third kappa shape index (κ3) is 3.87. The van der Waals surface area contributed by atoms with Gasteiger partial charge in [0, 0.05) is 5.69 Å². The Morgan fingerprint density at radius 3 is 2.78 bits per heavy atom. The predicted molar refractivity (Wildman–Crippen MR) is 86.7 cm³/mol. The third-order valence-corrected chi connectivity index (χ3v) is 3.85. The summed E-state index contributed by atoms with van der Waals surface area (Å²) in [6.07, 6.45) is 3.73. The van der Waals surface area contributed by atoms with Crippen LogP contribution in [-0.2, 0) is 0 Å². The second-order valence-corrected chi connectivity index (χ2v) is 5.48. The Morgan fingerprint density at radius 2 is 2.09 bits per heavy atom. The van der Waals surface area contributed by atoms with Crippen molar-refractivity contribution in [3.8, 4) is 5.75 Å². The lowest BCUT2D eigenvalue weighted by Gasteiger charge is -2.22. The van der Waals surface area contributed by atoms with Gasteiger partial charge in [-0.1, -0.05) is 5.21 Å². The minimum atomic E-state index is -0.255. The quantitative estimate of drug-likeness (QED) is 0.880. The van der Waals surface area contributed by atoms with Gasteiger partial charge in [-0.2, -0.15) is 0 Å². The van der Waals surface area contributed by atoms with Gasteiger partial charge in [0.25, 0.3) is 5.91 Å². The number of hydrogen-bond acceptors (Lipinski definition) is 5. The van der Waals surface area contributed by atoms with Gasteiger partial charge in [0.1, 0.15) is 5.75 Å². The lowest BCUT2D eigenvalue weighted by Crippen LogP contribution is -2.29. The Kier molecular flexibility index (Phi) is 4.87. The van der Waals surface area contributed by atoms with Crippen molar-refractivity contribution in [2.24, 2.45) is 0 Å². The maximum atomic E-state index is 12.3. The molecule has 1 aliphatic rings. The van der Waals surface area contributed by atoms with Crippen LogP contribution in [0.1, 0.15) is 36.3 Å². The van der Waals surface area contributed by atoms with E-state index in [0.717, 1.165) is 31.7 Å². The number of amides is 1. The van der Waals surface area contributed by atoms with Crippen molar-refractivity contribution in [3.63, 3.8) is 0 Å². The molecule has 1 fully saturated rings. The summed E-state index contributed by atoms with van der Waals surface area (Å²) in [4.78, 5) is 12.3. The van der Waals surface area contributed by atoms with E-state index in [4.69, 9.17) is 4.74 Å². The summed E-state index contributed by atoms with van der Waals surface area (Å²) < 4.78 is 7.18. The number of carbonyl (C=O) groups excluding carboxylic acids is 1. The summed E-state index contributed by atoms with van der Waals surface area (Å²) in [7, 11) is 0. The molecule has 1 amide bonds. The van der Waals surface area contributed by atoms with Crippen molar-refractivity contribution < 1.29 is 9.53 Å². The van der Waals surface area contributed by atoms with E-state index in [9.17, 15) is 4.79 Å². The van der Waals surface area contributed by atoms with E-state index in [0.29, 0.717) is 24.0 Å². The van der Waals surface area contributed by atoms with Gasteiger partial charge < -0.3 is 15.4 Å². The Labute approximate surface area is 135 Å². The molecule has 122 valence electrons. The van der Waals surface area contributed by atoms with Crippen LogP contribution < -0.4 is 15.4 Å². The standard InChI is InChI=1S/C16H21N5O2/c1-2-23-14-5-3-12(4-6-14)18-16(22)15-11-21(20-19-15)13-7-9-17-10-8-13/h3-6,11,13,17H,2,7-10H2,1H3,(H,18,22). The second-order valence-electron chi connectivity index (χ2n) is 5.48. The summed E-state index contributed by atoms with van der Waals surface area (Å²) in [5.74, 6) is 0.525. The smallest absolute Gasteiger partial charge is 0.277 e. The highest BCUT2D eigenvalue weighted by atomic mass is 16.5. The number of nitrogens with zero attached hydrogens (tertiary/aromatic N) is 3. The van der Waals surface area contributed by atoms with E-state index >= 15 is 0 Å². The molecule has 0 bridgehead atoms. The lowest BCUT2D eigenvalue weighted by atomic mass is 10.1. The predicted octanol–water partition coefficient (Wildman–Crippen LogP) is 1.85. The van der Waals surface area contributed by atoms with E-state index in [2.05, 4.69) is 20.9 Å². The Morgan fingerprint density at radius 1 is 1.35 bits per heavy atom. The normalized spacial score (nSPS) is 15.3. The number of rotatable bonds is 5. The molecular weight excluding hydrogens is 294 g/mol. The molecule has 1 aliphatic heterocycles. The fourth-order valence-corrected chi connectivity index (χ4v) is 2.63. The Hall–Kier alpha value is -2.41. The van der Waals surface area contributed by atoms with Gasteiger partial charge in [0.15, 0.2) is 5.69 Å². The number of carbonyl (C=O) groups is 1. The molecule has 0 aliphatic carbocycles. The molecule has 7 nitrogen and oxygen atoms in total. The van der Waals surface area contributed by atoms with E-state index in [1.807, 2.05) is 19.1 Å². The summed E-state index contributed by atoms with van der Waals surface area (Å²) in [6, 6.07) is 7.58. The topological polar surface area (TPSA) is 81.1 Å². The minimum absolute atomic E-state index is 0.255. The first kappa shape index (κ1) is 15.5. The van der Waals surface area contributed by atoms with Crippen LogP contribution in [-0.4, -0.2) is 40.6 Å². The summed E-state index contributed by atoms with van der Waals surface area (Å²) in [5, 5.41) is 14.2. The zero-order valence-corrected chi connectivity index (χ0v) is 13.2. The van der Waals surface area contributed by atoms with Crippen LogP contribution in [0.4, 0.5) is 5.69 Å². The number of anilines is 1. The number of ether oxygens (including phenoxy) is 1. The Balaban J connectivity index is 1.62. The van der Waals surface area contributed by atoms with Crippen molar-refractivity contribution >= 4 is 11.6 Å². The van der Waals surface area contributed by atoms with Gasteiger partial charge in [0.05, 0.1) is 18.8 Å². The maximum absolute atomic E-state index is 12.3. The number of piperidine rings is 1. The summed E-state index contributed by atoms with van der Waals surface area (Å²) >= 11 is 0. The first-order valence-electron chi connectivity index (χ1n) is 7.93. The van der Waals surface area contributed by atoms with Crippen LogP contribution in [0.3, 0.4) is 0 Å². The SMILES string of the molecule is CCOc1ccc(NC(=O)c2cn(C3CCNCC3)nn2)cc1. The van der Waals surface area contributed by atoms with Gasteiger partial charge >= 0.3 is 0 Å². The average molecular weight is 315 g/mol. The number of hydrogen-bond donors (Lipinski definition) is 2. The lowest BCUT2D eigenvalue weighted by molar-refractivity contribution is 0.102. The highest BCUT2D eigenvalue weighted by Crippen LogP contribution is 2.18. The largest absolute Gasteiger partial charge is 0.494 e. The molecule has 0 unspecified atom stereocenters. The van der Waals surface area contributed by atoms with E-state index in [1.54, 1.807) is 23.0 Å². The van der Waals surface area contributed by atoms with Gasteiger partial charge in [-0.3, -0.25) is 4.79 Å². The zero-order chi connectivity index (χ0) is 16.1. The van der Waals surface area contributed by atoms with Crippen molar-refractivity contribution in [1.29, 1.82) is 0 Å². The van der Waals surface area contributed by atoms with Gasteiger partial charge in [-0.15, -0.1) is 5.10 Å². The first-order chi connectivity index (χ1) is 11.3. The van der Waals surface area contributed by atoms with Gasteiger partial charge in [-0.05, 0) is 57.1 Å². The van der Waals surface area contributed by atoms with Crippen LogP contribution in [0.5, 0.6) is 5.75 Å². The van der Waals surface area contributed by atoms with Gasteiger partial charge in [0.2, 0.25) is 0 Å². The molecule has 2 heterocycles. The van der Waals surface area contributed by atoms with Crippen LogP contribution in [0.15, 0.2) is 30.5 Å². The summed E-state index contributed by atoms with van der Waals surface area (Å²) in [5.41, 5.74) is 1.03. The average Bonchev–Trinajstić information content (AvgIpc) is 3.08. The number of aromatic nitrogens is 3. The molecule has 23 heavy (non-hydrogen) atoms.